The molecular weight excluding hydrogens is 365 g/mol. The third-order valence-corrected chi connectivity index (χ3v) is 4.56. The predicted molar refractivity (Wildman–Crippen MR) is 94.6 cm³/mol. The molecule has 0 spiro atoms. The molecule has 1 aromatic heterocycles. The number of amides is 1. The van der Waals surface area contributed by atoms with Crippen LogP contribution in [0.15, 0.2) is 24.3 Å². The lowest BCUT2D eigenvalue weighted by Crippen LogP contribution is -2.22. The third-order valence-electron chi connectivity index (χ3n) is 3.38. The molecule has 0 aliphatic rings. The number of alkyl halides is 3. The Morgan fingerprint density at radius 2 is 2.08 bits per heavy atom. The van der Waals surface area contributed by atoms with Gasteiger partial charge in [-0.15, -0.1) is 11.3 Å². The number of aromatic nitrogens is 1. The summed E-state index contributed by atoms with van der Waals surface area (Å²) in [5, 5.41) is 3.70. The van der Waals surface area contributed by atoms with Gasteiger partial charge in [0.25, 0.3) is 5.91 Å². The Morgan fingerprint density at radius 1 is 1.35 bits per heavy atom. The molecule has 142 valence electrons. The van der Waals surface area contributed by atoms with Crippen LogP contribution in [0.25, 0.3) is 0 Å². The van der Waals surface area contributed by atoms with Gasteiger partial charge in [0.1, 0.15) is 10.6 Å². The summed E-state index contributed by atoms with van der Waals surface area (Å²) in [6.07, 6.45) is -3.57. The highest BCUT2D eigenvalue weighted by molar-refractivity contribution is 7.13. The van der Waals surface area contributed by atoms with Crippen molar-refractivity contribution >= 4 is 17.2 Å². The number of rotatable bonds is 7. The van der Waals surface area contributed by atoms with E-state index in [-0.39, 0.29) is 18.2 Å². The third kappa shape index (κ3) is 6.33. The van der Waals surface area contributed by atoms with Crippen molar-refractivity contribution in [1.29, 1.82) is 0 Å². The second kappa shape index (κ2) is 8.53. The van der Waals surface area contributed by atoms with E-state index < -0.39 is 12.8 Å². The summed E-state index contributed by atoms with van der Waals surface area (Å²) in [5.41, 5.74) is 1.34. The fraction of sp³-hybridized carbons (Fsp3) is 0.444. The molecule has 8 heteroatoms. The monoisotopic (exact) mass is 386 g/mol. The zero-order valence-electron chi connectivity index (χ0n) is 14.8. The molecule has 0 saturated carbocycles. The molecule has 0 radical (unpaired) electrons. The molecule has 4 nitrogen and oxygen atoms in total. The maximum atomic E-state index is 12.4. The smallest absolute Gasteiger partial charge is 0.422 e. The molecule has 1 amide bonds. The molecule has 0 atom stereocenters. The molecule has 0 aliphatic carbocycles. The van der Waals surface area contributed by atoms with Crippen molar-refractivity contribution in [3.8, 4) is 5.75 Å². The fourth-order valence-electron chi connectivity index (χ4n) is 2.27. The molecule has 1 heterocycles. The molecule has 26 heavy (non-hydrogen) atoms. The minimum atomic E-state index is -4.39. The van der Waals surface area contributed by atoms with Crippen LogP contribution in [0.5, 0.6) is 5.75 Å². The highest BCUT2D eigenvalue weighted by atomic mass is 32.1. The van der Waals surface area contributed by atoms with Gasteiger partial charge in [-0.2, -0.15) is 13.2 Å². The Morgan fingerprint density at radius 3 is 2.73 bits per heavy atom. The first-order chi connectivity index (χ1) is 12.1. The van der Waals surface area contributed by atoms with Crippen LogP contribution in [0.2, 0.25) is 0 Å². The second-order valence-electron chi connectivity index (χ2n) is 6.35. The SMILES string of the molecule is Cc1nc(CC(C)C)sc1C(=O)NCc1cccc(OCC(F)(F)F)c1. The summed E-state index contributed by atoms with van der Waals surface area (Å²) in [4.78, 5) is 17.3. The standard InChI is InChI=1S/C18H21F3N2O2S/c1-11(2)7-15-23-12(3)16(26-15)17(24)22-9-13-5-4-6-14(8-13)25-10-18(19,20)21/h4-6,8,11H,7,9-10H2,1-3H3,(H,22,24). The van der Waals surface area contributed by atoms with Gasteiger partial charge < -0.3 is 10.1 Å². The van der Waals surface area contributed by atoms with E-state index in [2.05, 4.69) is 24.1 Å². The number of benzene rings is 1. The highest BCUT2D eigenvalue weighted by Crippen LogP contribution is 2.22. The lowest BCUT2D eigenvalue weighted by molar-refractivity contribution is -0.153. The van der Waals surface area contributed by atoms with Gasteiger partial charge in [-0.25, -0.2) is 4.98 Å². The summed E-state index contributed by atoms with van der Waals surface area (Å²) in [6, 6.07) is 6.23. The molecule has 1 aromatic carbocycles. The van der Waals surface area contributed by atoms with E-state index in [0.717, 1.165) is 11.4 Å². The molecule has 0 unspecified atom stereocenters. The van der Waals surface area contributed by atoms with Gasteiger partial charge in [-0.05, 0) is 30.5 Å². The highest BCUT2D eigenvalue weighted by Gasteiger charge is 2.28. The maximum Gasteiger partial charge on any atom is 0.422 e. The second-order valence-corrected chi connectivity index (χ2v) is 7.44. The van der Waals surface area contributed by atoms with Crippen LogP contribution < -0.4 is 10.1 Å². The zero-order valence-corrected chi connectivity index (χ0v) is 15.6. The van der Waals surface area contributed by atoms with E-state index >= 15 is 0 Å². The van der Waals surface area contributed by atoms with Crippen molar-refractivity contribution in [2.24, 2.45) is 5.92 Å². The van der Waals surface area contributed by atoms with Crippen LogP contribution in [0.1, 0.15) is 39.8 Å². The van der Waals surface area contributed by atoms with Crippen molar-refractivity contribution < 1.29 is 22.7 Å². The van der Waals surface area contributed by atoms with Gasteiger partial charge in [0, 0.05) is 13.0 Å². The van der Waals surface area contributed by atoms with Gasteiger partial charge in [-0.3, -0.25) is 4.79 Å². The largest absolute Gasteiger partial charge is 0.484 e. The number of carbonyl (C=O) groups is 1. The Labute approximate surface area is 154 Å². The number of nitrogens with zero attached hydrogens (tertiary/aromatic N) is 1. The minimum Gasteiger partial charge on any atom is -0.484 e. The number of hydrogen-bond donors (Lipinski definition) is 1. The summed E-state index contributed by atoms with van der Waals surface area (Å²) in [5.74, 6) is 0.329. The van der Waals surface area contributed by atoms with E-state index in [1.807, 2.05) is 0 Å². The number of thiazole rings is 1. The van der Waals surface area contributed by atoms with E-state index in [1.54, 1.807) is 19.1 Å². The number of ether oxygens (including phenoxy) is 1. The van der Waals surface area contributed by atoms with E-state index in [0.29, 0.717) is 22.1 Å². The first-order valence-corrected chi connectivity index (χ1v) is 8.98. The number of hydrogen-bond acceptors (Lipinski definition) is 4. The van der Waals surface area contributed by atoms with Crippen LogP contribution in [-0.2, 0) is 13.0 Å². The van der Waals surface area contributed by atoms with Gasteiger partial charge in [0.05, 0.1) is 10.7 Å². The molecule has 0 fully saturated rings. The average molecular weight is 386 g/mol. The normalized spacial score (nSPS) is 11.7. The zero-order chi connectivity index (χ0) is 19.3. The number of aryl methyl sites for hydroxylation is 1. The van der Waals surface area contributed by atoms with E-state index in [9.17, 15) is 18.0 Å². The van der Waals surface area contributed by atoms with Crippen molar-refractivity contribution in [3.05, 3.63) is 45.4 Å². The quantitative estimate of drug-likeness (QED) is 0.761. The lowest BCUT2D eigenvalue weighted by atomic mass is 10.1. The number of halogens is 3. The Bertz CT molecular complexity index is 757. The molecule has 1 N–H and O–H groups in total. The maximum absolute atomic E-state index is 12.4. The van der Waals surface area contributed by atoms with E-state index in [1.165, 1.54) is 23.5 Å². The Balaban J connectivity index is 1.96. The number of carbonyl (C=O) groups excluding carboxylic acids is 1. The minimum absolute atomic E-state index is 0.113. The fourth-order valence-corrected chi connectivity index (χ4v) is 3.47. The van der Waals surface area contributed by atoms with Gasteiger partial charge in [-0.1, -0.05) is 26.0 Å². The van der Waals surface area contributed by atoms with E-state index in [4.69, 9.17) is 4.74 Å². The van der Waals surface area contributed by atoms with Crippen LogP contribution in [-0.4, -0.2) is 23.7 Å². The molecule has 2 aromatic rings. The summed E-state index contributed by atoms with van der Waals surface area (Å²) in [7, 11) is 0. The van der Waals surface area contributed by atoms with Crippen LogP contribution in [0.4, 0.5) is 13.2 Å². The molecule has 2 rings (SSSR count). The molecule has 0 bridgehead atoms. The van der Waals surface area contributed by atoms with Crippen LogP contribution in [0.3, 0.4) is 0 Å². The lowest BCUT2D eigenvalue weighted by Gasteiger charge is -2.10. The molecular formula is C18H21F3N2O2S. The van der Waals surface area contributed by atoms with Gasteiger partial charge >= 0.3 is 6.18 Å². The Kier molecular flexibility index (Phi) is 6.63. The first-order valence-electron chi connectivity index (χ1n) is 8.17. The Hall–Kier alpha value is -2.09. The summed E-state index contributed by atoms with van der Waals surface area (Å²) >= 11 is 1.37. The summed E-state index contributed by atoms with van der Waals surface area (Å²) < 4.78 is 41.4. The summed E-state index contributed by atoms with van der Waals surface area (Å²) in [6.45, 7) is 4.82. The van der Waals surface area contributed by atoms with Crippen LogP contribution >= 0.6 is 11.3 Å². The first kappa shape index (κ1) is 20.2. The molecule has 0 saturated heterocycles. The van der Waals surface area contributed by atoms with Gasteiger partial charge in [0.15, 0.2) is 6.61 Å². The van der Waals surface area contributed by atoms with Crippen molar-refractivity contribution in [3.63, 3.8) is 0 Å². The van der Waals surface area contributed by atoms with Crippen molar-refractivity contribution in [2.75, 3.05) is 6.61 Å². The number of nitrogens with one attached hydrogen (secondary N) is 1. The topological polar surface area (TPSA) is 51.2 Å². The average Bonchev–Trinajstić information content (AvgIpc) is 2.90. The van der Waals surface area contributed by atoms with Crippen molar-refractivity contribution in [1.82, 2.24) is 10.3 Å². The van der Waals surface area contributed by atoms with Gasteiger partial charge in [0.2, 0.25) is 0 Å². The van der Waals surface area contributed by atoms with Crippen molar-refractivity contribution in [2.45, 2.75) is 39.9 Å². The van der Waals surface area contributed by atoms with Crippen LogP contribution in [0, 0.1) is 12.8 Å². The molecule has 0 aliphatic heterocycles. The predicted octanol–water partition coefficient (Wildman–Crippen LogP) is 4.52.